The Bertz CT molecular complexity index is 554. The third-order valence-corrected chi connectivity index (χ3v) is 3.06. The van der Waals surface area contributed by atoms with Crippen molar-refractivity contribution < 1.29 is 19.1 Å². The van der Waals surface area contributed by atoms with Crippen molar-refractivity contribution in [2.45, 2.75) is 19.3 Å². The zero-order valence-electron chi connectivity index (χ0n) is 11.2. The number of hydrogen-bond acceptors (Lipinski definition) is 4. The van der Waals surface area contributed by atoms with Crippen molar-refractivity contribution in [2.75, 3.05) is 19.0 Å². The number of amides is 2. The maximum absolute atomic E-state index is 11.9. The van der Waals surface area contributed by atoms with Crippen LogP contribution in [0.2, 0.25) is 0 Å². The highest BCUT2D eigenvalue weighted by Crippen LogP contribution is 2.23. The van der Waals surface area contributed by atoms with Crippen LogP contribution < -0.4 is 10.6 Å². The number of carbonyl (C=O) groups excluding carboxylic acids is 3. The molecule has 1 aromatic rings. The number of anilines is 1. The van der Waals surface area contributed by atoms with Crippen LogP contribution in [0, 0.1) is 0 Å². The fourth-order valence-electron chi connectivity index (χ4n) is 2.01. The molecule has 2 N–H and O–H groups in total. The van der Waals surface area contributed by atoms with Gasteiger partial charge in [0, 0.05) is 24.2 Å². The predicted octanol–water partition coefficient (Wildman–Crippen LogP) is 0.864. The van der Waals surface area contributed by atoms with E-state index in [1.807, 2.05) is 0 Å². The average Bonchev–Trinajstić information content (AvgIpc) is 2.81. The lowest BCUT2D eigenvalue weighted by molar-refractivity contribution is -0.140. The lowest BCUT2D eigenvalue weighted by atomic mass is 10.1. The van der Waals surface area contributed by atoms with Crippen LogP contribution in [0.1, 0.15) is 28.8 Å². The fourth-order valence-corrected chi connectivity index (χ4v) is 2.01. The van der Waals surface area contributed by atoms with Gasteiger partial charge in [-0.2, -0.15) is 0 Å². The van der Waals surface area contributed by atoms with E-state index in [-0.39, 0.29) is 24.2 Å². The highest BCUT2D eigenvalue weighted by molar-refractivity contribution is 6.01. The number of carbonyl (C=O) groups is 3. The van der Waals surface area contributed by atoms with Gasteiger partial charge in [-0.25, -0.2) is 0 Å². The smallest absolute Gasteiger partial charge is 0.305 e. The van der Waals surface area contributed by atoms with Crippen LogP contribution in [-0.2, 0) is 20.7 Å². The fraction of sp³-hybridized carbons (Fsp3) is 0.357. The van der Waals surface area contributed by atoms with Gasteiger partial charge in [-0.3, -0.25) is 14.4 Å². The Labute approximate surface area is 116 Å². The molecule has 0 bridgehead atoms. The Hall–Kier alpha value is -2.37. The van der Waals surface area contributed by atoms with Crippen molar-refractivity contribution in [3.8, 4) is 0 Å². The summed E-state index contributed by atoms with van der Waals surface area (Å²) in [5, 5.41) is 5.44. The van der Waals surface area contributed by atoms with Crippen LogP contribution in [0.25, 0.3) is 0 Å². The van der Waals surface area contributed by atoms with E-state index >= 15 is 0 Å². The van der Waals surface area contributed by atoms with E-state index in [9.17, 15) is 14.4 Å². The van der Waals surface area contributed by atoms with Crippen molar-refractivity contribution in [3.63, 3.8) is 0 Å². The molecule has 2 amide bonds. The molecule has 2 rings (SSSR count). The standard InChI is InChI=1S/C14H16N2O4/c1-20-13(18)3-2-6-15-14(19)9-4-5-11-10(7-9)8-12(17)16-11/h4-5,7H,2-3,6,8H2,1H3,(H,15,19)(H,16,17). The molecule has 1 aliphatic rings. The molecule has 0 saturated carbocycles. The number of methoxy groups -OCH3 is 1. The number of ether oxygens (including phenoxy) is 1. The maximum Gasteiger partial charge on any atom is 0.305 e. The van der Waals surface area contributed by atoms with Crippen LogP contribution in [0.4, 0.5) is 5.69 Å². The van der Waals surface area contributed by atoms with Crippen molar-refractivity contribution in [1.29, 1.82) is 0 Å². The quantitative estimate of drug-likeness (QED) is 0.617. The Morgan fingerprint density at radius 1 is 1.40 bits per heavy atom. The number of fused-ring (bicyclic) bond motifs is 1. The lowest BCUT2D eigenvalue weighted by Crippen LogP contribution is -2.25. The summed E-state index contributed by atoms with van der Waals surface area (Å²) in [6.07, 6.45) is 1.11. The molecule has 0 saturated heterocycles. The first-order valence-corrected chi connectivity index (χ1v) is 6.38. The Morgan fingerprint density at radius 3 is 2.95 bits per heavy atom. The van der Waals surface area contributed by atoms with E-state index in [4.69, 9.17) is 0 Å². The second kappa shape index (κ2) is 6.18. The van der Waals surface area contributed by atoms with Crippen LogP contribution in [0.3, 0.4) is 0 Å². The van der Waals surface area contributed by atoms with E-state index in [0.29, 0.717) is 24.9 Å². The van der Waals surface area contributed by atoms with Gasteiger partial charge in [-0.1, -0.05) is 0 Å². The Morgan fingerprint density at radius 2 is 2.20 bits per heavy atom. The summed E-state index contributed by atoms with van der Waals surface area (Å²) in [7, 11) is 1.33. The summed E-state index contributed by atoms with van der Waals surface area (Å²) in [5.41, 5.74) is 2.10. The van der Waals surface area contributed by atoms with E-state index in [2.05, 4.69) is 15.4 Å². The third kappa shape index (κ3) is 3.34. The minimum atomic E-state index is -0.290. The molecular weight excluding hydrogens is 260 g/mol. The number of benzene rings is 1. The van der Waals surface area contributed by atoms with Gasteiger partial charge in [0.2, 0.25) is 5.91 Å². The summed E-state index contributed by atoms with van der Waals surface area (Å²) >= 11 is 0. The van der Waals surface area contributed by atoms with Gasteiger partial charge >= 0.3 is 5.97 Å². The number of hydrogen-bond donors (Lipinski definition) is 2. The Kier molecular flexibility index (Phi) is 4.34. The van der Waals surface area contributed by atoms with E-state index in [1.165, 1.54) is 7.11 Å². The second-order valence-corrected chi connectivity index (χ2v) is 4.53. The topological polar surface area (TPSA) is 84.5 Å². The maximum atomic E-state index is 11.9. The highest BCUT2D eigenvalue weighted by Gasteiger charge is 2.18. The summed E-state index contributed by atoms with van der Waals surface area (Å²) in [6.45, 7) is 0.405. The molecule has 1 heterocycles. The minimum Gasteiger partial charge on any atom is -0.469 e. The first-order valence-electron chi connectivity index (χ1n) is 6.38. The van der Waals surface area contributed by atoms with Crippen molar-refractivity contribution in [2.24, 2.45) is 0 Å². The average molecular weight is 276 g/mol. The minimum absolute atomic E-state index is 0.0596. The SMILES string of the molecule is COC(=O)CCCNC(=O)c1ccc2c(c1)CC(=O)N2. The molecule has 0 spiro atoms. The molecule has 0 aromatic heterocycles. The number of nitrogens with one attached hydrogen (secondary N) is 2. The lowest BCUT2D eigenvalue weighted by Gasteiger charge is -2.06. The summed E-state index contributed by atoms with van der Waals surface area (Å²) in [5.74, 6) is -0.561. The molecule has 1 aliphatic heterocycles. The molecule has 106 valence electrons. The summed E-state index contributed by atoms with van der Waals surface area (Å²) < 4.78 is 4.51. The Balaban J connectivity index is 1.86. The first-order chi connectivity index (χ1) is 9.60. The highest BCUT2D eigenvalue weighted by atomic mass is 16.5. The monoisotopic (exact) mass is 276 g/mol. The molecule has 20 heavy (non-hydrogen) atoms. The van der Waals surface area contributed by atoms with Gasteiger partial charge in [-0.15, -0.1) is 0 Å². The molecule has 6 nitrogen and oxygen atoms in total. The molecule has 1 aromatic carbocycles. The van der Waals surface area contributed by atoms with E-state index < -0.39 is 0 Å². The summed E-state index contributed by atoms with van der Waals surface area (Å²) in [6, 6.07) is 5.10. The van der Waals surface area contributed by atoms with Crippen LogP contribution in [-0.4, -0.2) is 31.4 Å². The molecule has 0 aliphatic carbocycles. The first kappa shape index (κ1) is 14.0. The van der Waals surface area contributed by atoms with Gasteiger partial charge in [0.25, 0.3) is 5.91 Å². The van der Waals surface area contributed by atoms with Gasteiger partial charge in [-0.05, 0) is 30.2 Å². The van der Waals surface area contributed by atoms with Gasteiger partial charge < -0.3 is 15.4 Å². The zero-order valence-corrected chi connectivity index (χ0v) is 11.2. The molecular formula is C14H16N2O4. The van der Waals surface area contributed by atoms with Crippen molar-refractivity contribution >= 4 is 23.5 Å². The van der Waals surface area contributed by atoms with Crippen LogP contribution in [0.15, 0.2) is 18.2 Å². The largest absolute Gasteiger partial charge is 0.469 e. The van der Waals surface area contributed by atoms with Crippen molar-refractivity contribution in [3.05, 3.63) is 29.3 Å². The number of esters is 1. The van der Waals surface area contributed by atoms with Crippen LogP contribution in [0.5, 0.6) is 0 Å². The predicted molar refractivity (Wildman–Crippen MR) is 72.4 cm³/mol. The van der Waals surface area contributed by atoms with E-state index in [1.54, 1.807) is 18.2 Å². The molecule has 6 heteroatoms. The molecule has 0 unspecified atom stereocenters. The van der Waals surface area contributed by atoms with Gasteiger partial charge in [0.15, 0.2) is 0 Å². The third-order valence-electron chi connectivity index (χ3n) is 3.06. The van der Waals surface area contributed by atoms with Crippen molar-refractivity contribution in [1.82, 2.24) is 5.32 Å². The van der Waals surface area contributed by atoms with Crippen LogP contribution >= 0.6 is 0 Å². The summed E-state index contributed by atoms with van der Waals surface area (Å²) in [4.78, 5) is 34.0. The zero-order chi connectivity index (χ0) is 14.5. The molecule has 0 atom stereocenters. The van der Waals surface area contributed by atoms with Gasteiger partial charge in [0.1, 0.15) is 0 Å². The molecule has 0 fully saturated rings. The number of rotatable bonds is 5. The molecule has 0 radical (unpaired) electrons. The van der Waals surface area contributed by atoms with E-state index in [0.717, 1.165) is 11.3 Å². The second-order valence-electron chi connectivity index (χ2n) is 4.53. The van der Waals surface area contributed by atoms with Gasteiger partial charge in [0.05, 0.1) is 13.5 Å². The normalized spacial score (nSPS) is 12.6.